The van der Waals surface area contributed by atoms with Gasteiger partial charge in [0.15, 0.2) is 0 Å². The summed E-state index contributed by atoms with van der Waals surface area (Å²) in [5.41, 5.74) is 3.17. The molecule has 1 N–H and O–H groups in total. The number of morpholine rings is 1. The first-order valence-corrected chi connectivity index (χ1v) is 7.93. The Labute approximate surface area is 122 Å². The topological polar surface area (TPSA) is 24.5 Å². The first-order valence-electron chi connectivity index (χ1n) is 7.93. The summed E-state index contributed by atoms with van der Waals surface area (Å²) in [5.74, 6) is 0.716. The molecule has 0 bridgehead atoms. The molecule has 20 heavy (non-hydrogen) atoms. The van der Waals surface area contributed by atoms with Gasteiger partial charge >= 0.3 is 0 Å². The molecule has 1 heterocycles. The normalized spacial score (nSPS) is 27.2. The smallest absolute Gasteiger partial charge is 0.0826 e. The summed E-state index contributed by atoms with van der Waals surface area (Å²) < 4.78 is 5.80. The lowest BCUT2D eigenvalue weighted by Crippen LogP contribution is -2.47. The van der Waals surface area contributed by atoms with Gasteiger partial charge in [-0.25, -0.2) is 0 Å². The van der Waals surface area contributed by atoms with Crippen LogP contribution in [0.3, 0.4) is 0 Å². The summed E-state index contributed by atoms with van der Waals surface area (Å²) in [7, 11) is 2.00. The Kier molecular flexibility index (Phi) is 4.71. The third-order valence-corrected chi connectivity index (χ3v) is 4.63. The van der Waals surface area contributed by atoms with Crippen LogP contribution >= 0.6 is 0 Å². The van der Waals surface area contributed by atoms with E-state index in [1.54, 1.807) is 11.1 Å². The van der Waals surface area contributed by atoms with Crippen LogP contribution in [0.2, 0.25) is 0 Å². The number of hydrogen-bond donors (Lipinski definition) is 1. The summed E-state index contributed by atoms with van der Waals surface area (Å²) in [4.78, 5) is 2.60. The molecule has 0 amide bonds. The van der Waals surface area contributed by atoms with Crippen LogP contribution in [0.1, 0.15) is 29.9 Å². The third kappa shape index (κ3) is 3.22. The first-order chi connectivity index (χ1) is 9.86. The van der Waals surface area contributed by atoms with Crippen molar-refractivity contribution in [1.29, 1.82) is 0 Å². The zero-order chi connectivity index (χ0) is 13.8. The van der Waals surface area contributed by atoms with Gasteiger partial charge in [-0.05, 0) is 43.4 Å². The van der Waals surface area contributed by atoms with Gasteiger partial charge in [0.1, 0.15) is 0 Å². The van der Waals surface area contributed by atoms with Crippen molar-refractivity contribution in [2.75, 3.05) is 39.8 Å². The lowest BCUT2D eigenvalue weighted by Gasteiger charge is -2.36. The maximum Gasteiger partial charge on any atom is 0.0826 e. The summed E-state index contributed by atoms with van der Waals surface area (Å²) in [5, 5.41) is 3.23. The molecule has 1 aromatic rings. The van der Waals surface area contributed by atoms with Gasteiger partial charge in [-0.15, -0.1) is 0 Å². The summed E-state index contributed by atoms with van der Waals surface area (Å²) in [6.45, 7) is 5.18. The molecule has 3 nitrogen and oxygen atoms in total. The fraction of sp³-hybridized carbons (Fsp3) is 0.647. The van der Waals surface area contributed by atoms with Crippen molar-refractivity contribution < 1.29 is 4.74 Å². The number of hydrogen-bond acceptors (Lipinski definition) is 3. The Morgan fingerprint density at radius 1 is 1.35 bits per heavy atom. The molecule has 2 atom stereocenters. The highest BCUT2D eigenvalue weighted by atomic mass is 16.5. The van der Waals surface area contributed by atoms with Crippen molar-refractivity contribution >= 4 is 0 Å². The van der Waals surface area contributed by atoms with Gasteiger partial charge in [0.25, 0.3) is 0 Å². The average Bonchev–Trinajstić information content (AvgIpc) is 2.48. The van der Waals surface area contributed by atoms with Gasteiger partial charge in [-0.3, -0.25) is 4.90 Å². The van der Waals surface area contributed by atoms with Gasteiger partial charge in [-0.1, -0.05) is 24.3 Å². The number of nitrogens with one attached hydrogen (secondary N) is 1. The second-order valence-electron chi connectivity index (χ2n) is 6.10. The molecule has 0 radical (unpaired) electrons. The molecule has 0 saturated carbocycles. The molecule has 0 spiro atoms. The maximum atomic E-state index is 5.80. The van der Waals surface area contributed by atoms with E-state index >= 15 is 0 Å². The molecular formula is C17H26N2O. The Bertz CT molecular complexity index is 433. The second kappa shape index (κ2) is 6.70. The van der Waals surface area contributed by atoms with Crippen molar-refractivity contribution in [1.82, 2.24) is 10.2 Å². The number of aryl methyl sites for hydroxylation is 1. The van der Waals surface area contributed by atoms with Gasteiger partial charge < -0.3 is 10.1 Å². The summed E-state index contributed by atoms with van der Waals surface area (Å²) in [6.07, 6.45) is 4.29. The molecule has 1 aromatic carbocycles. The third-order valence-electron chi connectivity index (χ3n) is 4.63. The highest BCUT2D eigenvalue weighted by Gasteiger charge is 2.25. The van der Waals surface area contributed by atoms with Crippen LogP contribution in [0.15, 0.2) is 24.3 Å². The summed E-state index contributed by atoms with van der Waals surface area (Å²) in [6, 6.07) is 9.02. The highest BCUT2D eigenvalue weighted by molar-refractivity contribution is 5.32. The van der Waals surface area contributed by atoms with E-state index in [4.69, 9.17) is 4.74 Å². The van der Waals surface area contributed by atoms with Crippen molar-refractivity contribution in [2.45, 2.75) is 31.3 Å². The molecule has 3 heteroatoms. The number of fused-ring (bicyclic) bond motifs is 1. The fourth-order valence-electron chi connectivity index (χ4n) is 3.65. The maximum absolute atomic E-state index is 5.80. The number of rotatable bonds is 4. The molecule has 110 valence electrons. The number of likely N-dealkylation sites (N-methyl/N-ethyl adjacent to an activating group) is 1. The lowest BCUT2D eigenvalue weighted by molar-refractivity contribution is -0.0284. The molecule has 3 rings (SSSR count). The number of benzene rings is 1. The van der Waals surface area contributed by atoms with E-state index in [1.165, 1.54) is 25.8 Å². The van der Waals surface area contributed by atoms with Gasteiger partial charge in [-0.2, -0.15) is 0 Å². The van der Waals surface area contributed by atoms with Crippen LogP contribution in [0.5, 0.6) is 0 Å². The minimum atomic E-state index is 0.354. The SMILES string of the molecule is CNCC1CN(CC2CCCc3ccccc32)CCO1. The monoisotopic (exact) mass is 274 g/mol. The largest absolute Gasteiger partial charge is 0.374 e. The molecule has 2 aliphatic rings. The molecule has 1 aliphatic carbocycles. The molecule has 2 unspecified atom stereocenters. The van der Waals surface area contributed by atoms with Crippen molar-refractivity contribution in [3.05, 3.63) is 35.4 Å². The van der Waals surface area contributed by atoms with E-state index in [0.717, 1.165) is 26.2 Å². The van der Waals surface area contributed by atoms with Gasteiger partial charge in [0.2, 0.25) is 0 Å². The van der Waals surface area contributed by atoms with E-state index in [2.05, 4.69) is 34.5 Å². The number of ether oxygens (including phenoxy) is 1. The van der Waals surface area contributed by atoms with Crippen LogP contribution in [-0.2, 0) is 11.2 Å². The van der Waals surface area contributed by atoms with Crippen molar-refractivity contribution in [3.63, 3.8) is 0 Å². The van der Waals surface area contributed by atoms with Crippen LogP contribution in [0.25, 0.3) is 0 Å². The standard InChI is InChI=1S/C17H26N2O/c1-18-11-16-13-19(9-10-20-16)12-15-7-4-6-14-5-2-3-8-17(14)15/h2-3,5,8,15-16,18H,4,6-7,9-13H2,1H3. The predicted octanol–water partition coefficient (Wildman–Crippen LogP) is 2.03. The van der Waals surface area contributed by atoms with Crippen molar-refractivity contribution in [2.24, 2.45) is 0 Å². The zero-order valence-electron chi connectivity index (χ0n) is 12.5. The lowest BCUT2D eigenvalue weighted by atomic mass is 9.82. The van der Waals surface area contributed by atoms with E-state index in [0.29, 0.717) is 12.0 Å². The quantitative estimate of drug-likeness (QED) is 0.909. The minimum absolute atomic E-state index is 0.354. The molecule has 1 fully saturated rings. The molecular weight excluding hydrogens is 248 g/mol. The Morgan fingerprint density at radius 2 is 2.25 bits per heavy atom. The molecule has 0 aromatic heterocycles. The van der Waals surface area contributed by atoms with E-state index in [1.807, 2.05) is 7.05 Å². The van der Waals surface area contributed by atoms with Crippen LogP contribution in [0, 0.1) is 0 Å². The van der Waals surface area contributed by atoms with Crippen LogP contribution < -0.4 is 5.32 Å². The molecule has 1 aliphatic heterocycles. The average molecular weight is 274 g/mol. The van der Waals surface area contributed by atoms with Gasteiger partial charge in [0.05, 0.1) is 12.7 Å². The van der Waals surface area contributed by atoms with E-state index in [-0.39, 0.29) is 0 Å². The Balaban J connectivity index is 1.63. The Morgan fingerprint density at radius 3 is 3.15 bits per heavy atom. The fourth-order valence-corrected chi connectivity index (χ4v) is 3.65. The molecule has 1 saturated heterocycles. The minimum Gasteiger partial charge on any atom is -0.374 e. The van der Waals surface area contributed by atoms with Gasteiger partial charge in [0, 0.05) is 26.2 Å². The predicted molar refractivity (Wildman–Crippen MR) is 82.2 cm³/mol. The Hall–Kier alpha value is -0.900. The number of nitrogens with zero attached hydrogens (tertiary/aromatic N) is 1. The highest BCUT2D eigenvalue weighted by Crippen LogP contribution is 2.32. The van der Waals surface area contributed by atoms with Crippen LogP contribution in [0.4, 0.5) is 0 Å². The zero-order valence-corrected chi connectivity index (χ0v) is 12.5. The van der Waals surface area contributed by atoms with E-state index in [9.17, 15) is 0 Å². The second-order valence-corrected chi connectivity index (χ2v) is 6.10. The van der Waals surface area contributed by atoms with Crippen LogP contribution in [-0.4, -0.2) is 50.8 Å². The summed E-state index contributed by atoms with van der Waals surface area (Å²) >= 11 is 0. The first kappa shape index (κ1) is 14.1. The van der Waals surface area contributed by atoms with E-state index < -0.39 is 0 Å². The van der Waals surface area contributed by atoms with Crippen molar-refractivity contribution in [3.8, 4) is 0 Å².